The average molecular weight is 535 g/mol. The quantitative estimate of drug-likeness (QED) is 0.586. The van der Waals surface area contributed by atoms with Gasteiger partial charge in [-0.3, -0.25) is 9.59 Å². The molecule has 196 valence electrons. The number of halogens is 3. The molecule has 12 heteroatoms. The fourth-order valence-corrected chi connectivity index (χ4v) is 6.10. The molecule has 2 fully saturated rings. The van der Waals surface area contributed by atoms with Gasteiger partial charge in [0.2, 0.25) is 15.9 Å². The Bertz CT molecular complexity index is 1360. The molecule has 8 nitrogen and oxygen atoms in total. The fourth-order valence-electron chi connectivity index (χ4n) is 4.52. The van der Waals surface area contributed by atoms with Crippen LogP contribution >= 0.6 is 0 Å². The van der Waals surface area contributed by atoms with Crippen molar-refractivity contribution in [2.45, 2.75) is 43.2 Å². The van der Waals surface area contributed by atoms with Crippen LogP contribution in [0, 0.1) is 23.1 Å². The molecule has 37 heavy (non-hydrogen) atoms. The zero-order valence-corrected chi connectivity index (χ0v) is 20.7. The number of carbonyl (C=O) groups excluding carboxylic acids is 2. The van der Waals surface area contributed by atoms with Gasteiger partial charge in [0.1, 0.15) is 11.9 Å². The van der Waals surface area contributed by atoms with Crippen LogP contribution in [0.5, 0.6) is 0 Å². The number of hydrogen-bond donors (Lipinski definition) is 1. The van der Waals surface area contributed by atoms with Crippen molar-refractivity contribution in [1.29, 1.82) is 5.26 Å². The van der Waals surface area contributed by atoms with Crippen LogP contribution in [0.2, 0.25) is 0 Å². The molecule has 4 rings (SSSR count). The summed E-state index contributed by atoms with van der Waals surface area (Å²) in [6.45, 7) is 1.97. The average Bonchev–Trinajstić information content (AvgIpc) is 3.33. The minimum atomic E-state index is -3.86. The summed E-state index contributed by atoms with van der Waals surface area (Å²) in [5.41, 5.74) is -0.327. The van der Waals surface area contributed by atoms with Gasteiger partial charge in [0.15, 0.2) is 0 Å². The SMILES string of the molecule is CC(NC(=O)[C@H]1CCCN1C(=O)c1cccc(S(=O)(=O)N2CC(C#N)C2)c1)c1ccc(C(F)F)cc1F. The van der Waals surface area contributed by atoms with E-state index >= 15 is 0 Å². The molecule has 1 unspecified atom stereocenters. The lowest BCUT2D eigenvalue weighted by atomic mass is 10.0. The Morgan fingerprint density at radius 1 is 1.16 bits per heavy atom. The first kappa shape index (κ1) is 26.6. The number of nitriles is 1. The summed E-state index contributed by atoms with van der Waals surface area (Å²) in [6, 6.07) is 8.89. The minimum absolute atomic E-state index is 0.0381. The first-order chi connectivity index (χ1) is 17.5. The highest BCUT2D eigenvalue weighted by atomic mass is 32.2. The molecule has 2 aliphatic heterocycles. The Morgan fingerprint density at radius 3 is 2.54 bits per heavy atom. The number of sulfonamides is 1. The van der Waals surface area contributed by atoms with Crippen molar-refractivity contribution in [3.05, 3.63) is 65.0 Å². The van der Waals surface area contributed by atoms with Crippen LogP contribution in [0.25, 0.3) is 0 Å². The van der Waals surface area contributed by atoms with Crippen molar-refractivity contribution in [2.75, 3.05) is 19.6 Å². The molecular weight excluding hydrogens is 509 g/mol. The molecule has 0 spiro atoms. The van der Waals surface area contributed by atoms with Crippen molar-refractivity contribution in [3.8, 4) is 6.07 Å². The van der Waals surface area contributed by atoms with Crippen LogP contribution in [0.3, 0.4) is 0 Å². The number of nitrogens with one attached hydrogen (secondary N) is 1. The topological polar surface area (TPSA) is 111 Å². The predicted molar refractivity (Wildman–Crippen MR) is 126 cm³/mol. The molecule has 2 amide bonds. The van der Waals surface area contributed by atoms with Gasteiger partial charge in [-0.05, 0) is 44.0 Å². The number of rotatable bonds is 7. The fraction of sp³-hybridized carbons (Fsp3) is 0.400. The first-order valence-corrected chi connectivity index (χ1v) is 13.2. The molecule has 2 aromatic rings. The van der Waals surface area contributed by atoms with Gasteiger partial charge in [-0.2, -0.15) is 9.57 Å². The number of amides is 2. The van der Waals surface area contributed by atoms with Crippen LogP contribution in [0.15, 0.2) is 47.4 Å². The van der Waals surface area contributed by atoms with E-state index in [2.05, 4.69) is 5.32 Å². The number of likely N-dealkylation sites (tertiary alicyclic amines) is 1. The summed E-state index contributed by atoms with van der Waals surface area (Å²) in [6.07, 6.45) is -1.92. The molecular formula is C25H25F3N4O4S. The lowest BCUT2D eigenvalue weighted by Gasteiger charge is -2.34. The maximum atomic E-state index is 14.4. The van der Waals surface area contributed by atoms with E-state index in [0.29, 0.717) is 12.8 Å². The molecule has 0 radical (unpaired) electrons. The van der Waals surface area contributed by atoms with Gasteiger partial charge in [-0.25, -0.2) is 21.6 Å². The van der Waals surface area contributed by atoms with Gasteiger partial charge >= 0.3 is 0 Å². The number of benzene rings is 2. The van der Waals surface area contributed by atoms with Crippen LogP contribution < -0.4 is 5.32 Å². The largest absolute Gasteiger partial charge is 0.348 e. The molecule has 2 aliphatic rings. The lowest BCUT2D eigenvalue weighted by Crippen LogP contribution is -2.49. The van der Waals surface area contributed by atoms with Crippen LogP contribution in [0.1, 0.15) is 53.7 Å². The molecule has 0 bridgehead atoms. The van der Waals surface area contributed by atoms with E-state index in [4.69, 9.17) is 5.26 Å². The molecule has 0 aliphatic carbocycles. The molecule has 0 saturated carbocycles. The van der Waals surface area contributed by atoms with Gasteiger partial charge in [-0.15, -0.1) is 0 Å². The monoisotopic (exact) mass is 534 g/mol. The van der Waals surface area contributed by atoms with Gasteiger partial charge in [-0.1, -0.05) is 18.2 Å². The lowest BCUT2D eigenvalue weighted by molar-refractivity contribution is -0.125. The van der Waals surface area contributed by atoms with Crippen molar-refractivity contribution >= 4 is 21.8 Å². The van der Waals surface area contributed by atoms with Crippen LogP contribution in [-0.4, -0.2) is 55.1 Å². The summed E-state index contributed by atoms with van der Waals surface area (Å²) < 4.78 is 66.8. The van der Waals surface area contributed by atoms with Crippen LogP contribution in [0.4, 0.5) is 13.2 Å². The maximum absolute atomic E-state index is 14.4. The van der Waals surface area contributed by atoms with Gasteiger partial charge < -0.3 is 10.2 Å². The third-order valence-corrected chi connectivity index (χ3v) is 8.50. The van der Waals surface area contributed by atoms with Crippen molar-refractivity contribution in [3.63, 3.8) is 0 Å². The van der Waals surface area contributed by atoms with Gasteiger partial charge in [0, 0.05) is 36.3 Å². The third kappa shape index (κ3) is 5.33. The summed E-state index contributed by atoms with van der Waals surface area (Å²) >= 11 is 0. The molecule has 2 atom stereocenters. The Hall–Kier alpha value is -3.43. The van der Waals surface area contributed by atoms with E-state index in [1.165, 1.54) is 46.5 Å². The second-order valence-corrected chi connectivity index (χ2v) is 11.1. The summed E-state index contributed by atoms with van der Waals surface area (Å²) in [5.74, 6) is -2.27. The number of nitrogens with zero attached hydrogens (tertiary/aromatic N) is 3. The van der Waals surface area contributed by atoms with Crippen molar-refractivity contribution < 1.29 is 31.2 Å². The van der Waals surface area contributed by atoms with Gasteiger partial charge in [0.05, 0.1) is 22.9 Å². The molecule has 2 saturated heterocycles. The molecule has 1 N–H and O–H groups in total. The highest BCUT2D eigenvalue weighted by Gasteiger charge is 2.38. The van der Waals surface area contributed by atoms with E-state index in [1.54, 1.807) is 0 Å². The second-order valence-electron chi connectivity index (χ2n) is 9.14. The number of hydrogen-bond acceptors (Lipinski definition) is 5. The molecule has 2 heterocycles. The van der Waals surface area contributed by atoms with E-state index in [1.807, 2.05) is 6.07 Å². The smallest absolute Gasteiger partial charge is 0.263 e. The standard InChI is InChI=1S/C25H25F3N4O4S/c1-15(20-8-7-17(23(27)28)11-21(20)26)30-24(33)22-6-3-9-32(22)25(34)18-4-2-5-19(10-18)37(35,36)31-13-16(12-29)14-31/h2,4-5,7-8,10-11,15-16,22-23H,3,6,9,13-14H2,1H3,(H,30,33)/t15?,22-/m1/s1. The molecule has 0 aromatic heterocycles. The van der Waals surface area contributed by atoms with E-state index in [0.717, 1.165) is 12.1 Å². The van der Waals surface area contributed by atoms with E-state index in [-0.39, 0.29) is 41.6 Å². The van der Waals surface area contributed by atoms with E-state index < -0.39 is 51.7 Å². The first-order valence-electron chi connectivity index (χ1n) is 11.7. The van der Waals surface area contributed by atoms with Crippen LogP contribution in [-0.2, 0) is 14.8 Å². The number of alkyl halides is 2. The Balaban J connectivity index is 1.47. The second kappa shape index (κ2) is 10.5. The Morgan fingerprint density at radius 2 is 1.89 bits per heavy atom. The Kier molecular flexibility index (Phi) is 7.57. The highest BCUT2D eigenvalue weighted by Crippen LogP contribution is 2.28. The maximum Gasteiger partial charge on any atom is 0.263 e. The van der Waals surface area contributed by atoms with Gasteiger partial charge in [0.25, 0.3) is 12.3 Å². The normalized spacial score (nSPS) is 19.4. The Labute approximate surface area is 212 Å². The highest BCUT2D eigenvalue weighted by molar-refractivity contribution is 7.89. The summed E-state index contributed by atoms with van der Waals surface area (Å²) in [5, 5.41) is 11.6. The zero-order chi connectivity index (χ0) is 26.9. The predicted octanol–water partition coefficient (Wildman–Crippen LogP) is 3.39. The summed E-state index contributed by atoms with van der Waals surface area (Å²) in [4.78, 5) is 27.5. The number of carbonyl (C=O) groups is 2. The van der Waals surface area contributed by atoms with Crippen molar-refractivity contribution in [2.24, 2.45) is 5.92 Å². The minimum Gasteiger partial charge on any atom is -0.348 e. The summed E-state index contributed by atoms with van der Waals surface area (Å²) in [7, 11) is -3.86. The van der Waals surface area contributed by atoms with Crippen molar-refractivity contribution in [1.82, 2.24) is 14.5 Å². The molecule has 2 aromatic carbocycles. The zero-order valence-electron chi connectivity index (χ0n) is 19.9. The third-order valence-electron chi connectivity index (χ3n) is 6.67. The van der Waals surface area contributed by atoms with E-state index in [9.17, 15) is 31.2 Å².